The van der Waals surface area contributed by atoms with Crippen molar-refractivity contribution in [2.45, 2.75) is 26.2 Å². The van der Waals surface area contributed by atoms with E-state index in [1.54, 1.807) is 30.3 Å². The highest BCUT2D eigenvalue weighted by molar-refractivity contribution is 6.30. The number of hydrogen-bond acceptors (Lipinski definition) is 5. The molecule has 2 aromatic heterocycles. The maximum Gasteiger partial charge on any atom is 0.259 e. The summed E-state index contributed by atoms with van der Waals surface area (Å²) in [6.07, 6.45) is 1.25. The molecular weight excluding hydrogens is 404 g/mol. The number of amides is 1. The summed E-state index contributed by atoms with van der Waals surface area (Å²) in [4.78, 5) is 31.6. The Balaban J connectivity index is 1.40. The average molecular weight is 423 g/mol. The number of aryl methyl sites for hydroxylation is 2. The highest BCUT2D eigenvalue weighted by Gasteiger charge is 2.14. The van der Waals surface area contributed by atoms with Gasteiger partial charge in [-0.25, -0.2) is 0 Å². The molecular formula is C22H19ClN4O3. The fourth-order valence-electron chi connectivity index (χ4n) is 3.15. The summed E-state index contributed by atoms with van der Waals surface area (Å²) in [5.41, 5.74) is 2.56. The van der Waals surface area contributed by atoms with Gasteiger partial charge in [-0.05, 0) is 55.1 Å². The van der Waals surface area contributed by atoms with E-state index in [0.29, 0.717) is 41.4 Å². The predicted octanol–water partition coefficient (Wildman–Crippen LogP) is 4.50. The van der Waals surface area contributed by atoms with E-state index in [1.165, 1.54) is 0 Å². The molecule has 30 heavy (non-hydrogen) atoms. The first-order valence-electron chi connectivity index (χ1n) is 9.50. The Bertz CT molecular complexity index is 1280. The molecule has 0 aliphatic heterocycles. The van der Waals surface area contributed by atoms with Gasteiger partial charge in [-0.1, -0.05) is 34.5 Å². The number of carbonyl (C=O) groups excluding carboxylic acids is 1. The van der Waals surface area contributed by atoms with Gasteiger partial charge in [-0.3, -0.25) is 9.59 Å². The van der Waals surface area contributed by atoms with E-state index in [1.807, 2.05) is 25.1 Å². The molecule has 4 rings (SSSR count). The minimum Gasteiger partial charge on any atom is -0.339 e. The summed E-state index contributed by atoms with van der Waals surface area (Å²) >= 11 is 5.91. The first-order chi connectivity index (χ1) is 14.5. The number of halogens is 1. The van der Waals surface area contributed by atoms with Crippen molar-refractivity contribution in [1.82, 2.24) is 15.1 Å². The van der Waals surface area contributed by atoms with E-state index in [0.717, 1.165) is 16.5 Å². The van der Waals surface area contributed by atoms with Gasteiger partial charge < -0.3 is 14.8 Å². The minimum absolute atomic E-state index is 0.127. The molecule has 7 nitrogen and oxygen atoms in total. The summed E-state index contributed by atoms with van der Waals surface area (Å²) in [5, 5.41) is 8.18. The number of aromatic nitrogens is 3. The van der Waals surface area contributed by atoms with Gasteiger partial charge in [0.1, 0.15) is 0 Å². The standard InChI is InChI=1S/C22H19ClN4O3/c1-13-8-9-18-14(10-13)11-17(22(29)25-18)21-26-20(30-27-21)7-3-6-19(28)24-16-5-2-4-15(23)12-16/h2,4-5,8-12H,3,6-7H2,1H3,(H,24,28)(H,25,29). The zero-order valence-corrected chi connectivity index (χ0v) is 17.0. The highest BCUT2D eigenvalue weighted by Crippen LogP contribution is 2.19. The number of benzene rings is 2. The molecule has 1 amide bonds. The summed E-state index contributed by atoms with van der Waals surface area (Å²) in [5.74, 6) is 0.487. The lowest BCUT2D eigenvalue weighted by Crippen LogP contribution is -2.11. The van der Waals surface area contributed by atoms with E-state index in [4.69, 9.17) is 16.1 Å². The molecule has 0 saturated heterocycles. The number of pyridine rings is 1. The number of nitrogens with one attached hydrogen (secondary N) is 2. The summed E-state index contributed by atoms with van der Waals surface area (Å²) in [6.45, 7) is 1.99. The largest absolute Gasteiger partial charge is 0.339 e. The Labute approximate surface area is 177 Å². The minimum atomic E-state index is -0.278. The lowest BCUT2D eigenvalue weighted by atomic mass is 10.1. The van der Waals surface area contributed by atoms with Crippen LogP contribution in [0.2, 0.25) is 5.02 Å². The van der Waals surface area contributed by atoms with Crippen LogP contribution < -0.4 is 10.9 Å². The monoisotopic (exact) mass is 422 g/mol. The van der Waals surface area contributed by atoms with Crippen molar-refractivity contribution in [3.8, 4) is 11.4 Å². The third kappa shape index (κ3) is 4.58. The van der Waals surface area contributed by atoms with Gasteiger partial charge in [-0.2, -0.15) is 4.98 Å². The molecule has 0 aliphatic rings. The van der Waals surface area contributed by atoms with Crippen molar-refractivity contribution in [2.75, 3.05) is 5.32 Å². The summed E-state index contributed by atoms with van der Waals surface area (Å²) in [7, 11) is 0. The number of carbonyl (C=O) groups is 1. The van der Waals surface area contributed by atoms with Crippen LogP contribution in [0.5, 0.6) is 0 Å². The molecule has 0 aliphatic carbocycles. The smallest absolute Gasteiger partial charge is 0.259 e. The second kappa shape index (κ2) is 8.51. The topological polar surface area (TPSA) is 101 Å². The van der Waals surface area contributed by atoms with Gasteiger partial charge in [0.25, 0.3) is 5.56 Å². The number of anilines is 1. The molecule has 2 aromatic carbocycles. The van der Waals surface area contributed by atoms with Gasteiger partial charge in [0, 0.05) is 29.1 Å². The predicted molar refractivity (Wildman–Crippen MR) is 116 cm³/mol. The Kier molecular flexibility index (Phi) is 5.63. The zero-order chi connectivity index (χ0) is 21.1. The Morgan fingerprint density at radius 2 is 2.07 bits per heavy atom. The number of aromatic amines is 1. The lowest BCUT2D eigenvalue weighted by molar-refractivity contribution is -0.116. The number of rotatable bonds is 6. The van der Waals surface area contributed by atoms with E-state index >= 15 is 0 Å². The van der Waals surface area contributed by atoms with Gasteiger partial charge in [0.05, 0.1) is 5.56 Å². The third-order valence-corrected chi connectivity index (χ3v) is 4.85. The molecule has 152 valence electrons. The normalized spacial score (nSPS) is 11.0. The van der Waals surface area contributed by atoms with Crippen LogP contribution in [0.1, 0.15) is 24.3 Å². The van der Waals surface area contributed by atoms with Crippen molar-refractivity contribution in [3.63, 3.8) is 0 Å². The van der Waals surface area contributed by atoms with Gasteiger partial charge >= 0.3 is 0 Å². The van der Waals surface area contributed by atoms with E-state index in [9.17, 15) is 9.59 Å². The van der Waals surface area contributed by atoms with Crippen LogP contribution in [-0.4, -0.2) is 21.0 Å². The fourth-order valence-corrected chi connectivity index (χ4v) is 3.34. The maximum absolute atomic E-state index is 12.4. The lowest BCUT2D eigenvalue weighted by Gasteiger charge is -2.04. The number of H-pyrrole nitrogens is 1. The van der Waals surface area contributed by atoms with E-state index < -0.39 is 0 Å². The highest BCUT2D eigenvalue weighted by atomic mass is 35.5. The van der Waals surface area contributed by atoms with Crippen molar-refractivity contribution >= 4 is 34.1 Å². The van der Waals surface area contributed by atoms with E-state index in [2.05, 4.69) is 20.4 Å². The molecule has 0 bridgehead atoms. The number of nitrogens with zero attached hydrogens (tertiary/aromatic N) is 2. The molecule has 0 atom stereocenters. The van der Waals surface area contributed by atoms with Gasteiger partial charge in [-0.15, -0.1) is 0 Å². The Morgan fingerprint density at radius 3 is 2.90 bits per heavy atom. The first kappa shape index (κ1) is 19.8. The van der Waals surface area contributed by atoms with Crippen LogP contribution >= 0.6 is 11.6 Å². The molecule has 0 spiro atoms. The van der Waals surface area contributed by atoms with Crippen molar-refractivity contribution in [3.05, 3.63) is 75.4 Å². The molecule has 0 saturated carbocycles. The molecule has 2 N–H and O–H groups in total. The van der Waals surface area contributed by atoms with Crippen molar-refractivity contribution in [2.24, 2.45) is 0 Å². The average Bonchev–Trinajstić information content (AvgIpc) is 3.16. The fraction of sp³-hybridized carbons (Fsp3) is 0.182. The van der Waals surface area contributed by atoms with Crippen LogP contribution in [0.4, 0.5) is 5.69 Å². The second-order valence-corrected chi connectivity index (χ2v) is 7.46. The van der Waals surface area contributed by atoms with Crippen LogP contribution in [0.15, 0.2) is 57.8 Å². The van der Waals surface area contributed by atoms with Crippen LogP contribution in [0.3, 0.4) is 0 Å². The van der Waals surface area contributed by atoms with Gasteiger partial charge in [0.2, 0.25) is 17.6 Å². The molecule has 4 aromatic rings. The Morgan fingerprint density at radius 1 is 1.20 bits per heavy atom. The van der Waals surface area contributed by atoms with Crippen LogP contribution in [0, 0.1) is 6.92 Å². The second-order valence-electron chi connectivity index (χ2n) is 7.03. The van der Waals surface area contributed by atoms with Crippen molar-refractivity contribution in [1.29, 1.82) is 0 Å². The Hall–Kier alpha value is -3.45. The summed E-state index contributed by atoms with van der Waals surface area (Å²) < 4.78 is 5.26. The summed E-state index contributed by atoms with van der Waals surface area (Å²) in [6, 6.07) is 14.5. The molecule has 8 heteroatoms. The molecule has 0 fully saturated rings. The van der Waals surface area contributed by atoms with Crippen LogP contribution in [0.25, 0.3) is 22.3 Å². The number of hydrogen-bond donors (Lipinski definition) is 2. The van der Waals surface area contributed by atoms with Crippen LogP contribution in [-0.2, 0) is 11.2 Å². The maximum atomic E-state index is 12.4. The first-order valence-corrected chi connectivity index (χ1v) is 9.88. The number of fused-ring (bicyclic) bond motifs is 1. The third-order valence-electron chi connectivity index (χ3n) is 4.61. The molecule has 0 radical (unpaired) electrons. The molecule has 2 heterocycles. The van der Waals surface area contributed by atoms with Crippen molar-refractivity contribution < 1.29 is 9.32 Å². The van der Waals surface area contributed by atoms with E-state index in [-0.39, 0.29) is 17.3 Å². The van der Waals surface area contributed by atoms with Gasteiger partial charge in [0.15, 0.2) is 0 Å². The SMILES string of the molecule is Cc1ccc2[nH]c(=O)c(-c3noc(CCCC(=O)Nc4cccc(Cl)c4)n3)cc2c1. The zero-order valence-electron chi connectivity index (χ0n) is 16.2. The molecule has 0 unspecified atom stereocenters. The quantitative estimate of drug-likeness (QED) is 0.476.